The smallest absolute Gasteiger partial charge is 0.0807 e. The second kappa shape index (κ2) is 8.33. The third-order valence-electron chi connectivity index (χ3n) is 6.03. The van der Waals surface area contributed by atoms with Crippen LogP contribution in [0.25, 0.3) is 0 Å². The van der Waals surface area contributed by atoms with Crippen LogP contribution < -0.4 is 5.32 Å². The molecule has 2 heterocycles. The van der Waals surface area contributed by atoms with Crippen LogP contribution in [0.2, 0.25) is 0 Å². The Bertz CT molecular complexity index is 774. The first-order valence-electron chi connectivity index (χ1n) is 10.3. The third-order valence-corrected chi connectivity index (χ3v) is 6.03. The quantitative estimate of drug-likeness (QED) is 0.729. The van der Waals surface area contributed by atoms with Gasteiger partial charge in [-0.2, -0.15) is 5.10 Å². The number of rotatable bonds is 8. The lowest BCUT2D eigenvalue weighted by Crippen LogP contribution is -2.66. The van der Waals surface area contributed by atoms with Gasteiger partial charge >= 0.3 is 0 Å². The van der Waals surface area contributed by atoms with Gasteiger partial charge in [-0.3, -0.25) is 9.58 Å². The molecule has 1 aromatic heterocycles. The number of hydrogen-bond donors (Lipinski definition) is 2. The molecule has 6 nitrogen and oxygen atoms in total. The summed E-state index contributed by atoms with van der Waals surface area (Å²) >= 11 is 0. The largest absolute Gasteiger partial charge is 0.394 e. The summed E-state index contributed by atoms with van der Waals surface area (Å²) in [5, 5.41) is 18.6. The molecular formula is C22H32N4O2. The van der Waals surface area contributed by atoms with Gasteiger partial charge < -0.3 is 15.2 Å². The Hall–Kier alpha value is -1.73. The molecule has 2 fully saturated rings. The van der Waals surface area contributed by atoms with Crippen LogP contribution in [0, 0.1) is 0 Å². The maximum Gasteiger partial charge on any atom is 0.0807 e. The molecule has 2 aromatic rings. The van der Waals surface area contributed by atoms with E-state index in [1.165, 1.54) is 29.7 Å². The highest BCUT2D eigenvalue weighted by Gasteiger charge is 2.42. The van der Waals surface area contributed by atoms with Crippen molar-refractivity contribution in [1.82, 2.24) is 20.0 Å². The van der Waals surface area contributed by atoms with Crippen molar-refractivity contribution < 1.29 is 9.84 Å². The van der Waals surface area contributed by atoms with Crippen LogP contribution in [0.4, 0.5) is 0 Å². The number of aliphatic hydroxyl groups is 1. The number of aromatic nitrogens is 2. The Labute approximate surface area is 167 Å². The van der Waals surface area contributed by atoms with Gasteiger partial charge in [0.25, 0.3) is 0 Å². The van der Waals surface area contributed by atoms with E-state index in [0.717, 1.165) is 13.1 Å². The minimum Gasteiger partial charge on any atom is -0.394 e. The van der Waals surface area contributed by atoms with Gasteiger partial charge in [-0.15, -0.1) is 0 Å². The van der Waals surface area contributed by atoms with E-state index in [1.807, 2.05) is 17.8 Å². The Balaban J connectivity index is 1.46. The first kappa shape index (κ1) is 19.6. The number of nitrogens with one attached hydrogen (secondary N) is 1. The van der Waals surface area contributed by atoms with Gasteiger partial charge in [0.15, 0.2) is 0 Å². The lowest BCUT2D eigenvalue weighted by molar-refractivity contribution is -0.122. The first-order valence-corrected chi connectivity index (χ1v) is 10.3. The van der Waals surface area contributed by atoms with Gasteiger partial charge in [0, 0.05) is 50.4 Å². The molecule has 6 heteroatoms. The number of ether oxygens (including phenoxy) is 1. The number of hydrogen-bond acceptors (Lipinski definition) is 5. The van der Waals surface area contributed by atoms with Crippen molar-refractivity contribution in [1.29, 1.82) is 0 Å². The van der Waals surface area contributed by atoms with Gasteiger partial charge in [0.2, 0.25) is 0 Å². The van der Waals surface area contributed by atoms with Crippen LogP contribution >= 0.6 is 0 Å². The fourth-order valence-electron chi connectivity index (χ4n) is 4.33. The number of aliphatic hydroxyl groups excluding tert-OH is 1. The van der Waals surface area contributed by atoms with Gasteiger partial charge in [-0.05, 0) is 25.3 Å². The topological polar surface area (TPSA) is 62.6 Å². The molecule has 1 aliphatic heterocycles. The standard InChI is InChI=1S/C22H32N4O2/c1-17-13-28-16-22(15-27,26(17)11-18-6-4-3-5-7-18)14-23-10-20-12-25(2)24-21(20)19-8-9-19/h3-7,12,17,19,23,27H,8-11,13-16H2,1-2H3/t17-,22+/m1/s1. The van der Waals surface area contributed by atoms with Crippen molar-refractivity contribution in [2.75, 3.05) is 26.4 Å². The van der Waals surface area contributed by atoms with E-state index in [4.69, 9.17) is 4.74 Å². The zero-order chi connectivity index (χ0) is 19.6. The Kier molecular flexibility index (Phi) is 5.83. The van der Waals surface area contributed by atoms with Crippen LogP contribution in [0.5, 0.6) is 0 Å². The van der Waals surface area contributed by atoms with Crippen LogP contribution in [-0.2, 0) is 24.9 Å². The van der Waals surface area contributed by atoms with Crippen LogP contribution in [-0.4, -0.2) is 57.7 Å². The van der Waals surface area contributed by atoms with Gasteiger partial charge in [-0.1, -0.05) is 30.3 Å². The van der Waals surface area contributed by atoms with Crippen molar-refractivity contribution in [2.45, 2.75) is 50.4 Å². The van der Waals surface area contributed by atoms with Crippen LogP contribution in [0.15, 0.2) is 36.5 Å². The lowest BCUT2D eigenvalue weighted by Gasteiger charge is -2.49. The molecule has 1 aliphatic carbocycles. The predicted octanol–water partition coefficient (Wildman–Crippen LogP) is 2.04. The molecular weight excluding hydrogens is 352 g/mol. The number of morpholine rings is 1. The molecule has 1 saturated heterocycles. The van der Waals surface area contributed by atoms with E-state index < -0.39 is 5.54 Å². The molecule has 2 N–H and O–H groups in total. The summed E-state index contributed by atoms with van der Waals surface area (Å²) in [6.45, 7) is 5.75. The Morgan fingerprint density at radius 2 is 2.07 bits per heavy atom. The second-order valence-electron chi connectivity index (χ2n) is 8.45. The zero-order valence-electron chi connectivity index (χ0n) is 17.0. The number of nitrogens with zero attached hydrogens (tertiary/aromatic N) is 3. The van der Waals surface area contributed by atoms with E-state index in [2.05, 4.69) is 52.7 Å². The maximum absolute atomic E-state index is 10.4. The minimum atomic E-state index is -0.421. The average molecular weight is 385 g/mol. The van der Waals surface area contributed by atoms with Crippen molar-refractivity contribution in [2.24, 2.45) is 7.05 Å². The Morgan fingerprint density at radius 3 is 2.79 bits per heavy atom. The fraction of sp³-hybridized carbons (Fsp3) is 0.591. The summed E-state index contributed by atoms with van der Waals surface area (Å²) in [5.41, 5.74) is 3.35. The molecule has 1 aromatic carbocycles. The average Bonchev–Trinajstić information content (AvgIpc) is 3.48. The molecule has 1 saturated carbocycles. The summed E-state index contributed by atoms with van der Waals surface area (Å²) in [7, 11) is 1.99. The lowest BCUT2D eigenvalue weighted by atomic mass is 9.93. The third kappa shape index (κ3) is 4.15. The molecule has 0 bridgehead atoms. The summed E-state index contributed by atoms with van der Waals surface area (Å²) in [5.74, 6) is 0.636. The fourth-order valence-corrected chi connectivity index (χ4v) is 4.33. The molecule has 2 atom stereocenters. The summed E-state index contributed by atoms with van der Waals surface area (Å²) in [6.07, 6.45) is 4.62. The number of aryl methyl sites for hydroxylation is 1. The van der Waals surface area contributed by atoms with E-state index in [0.29, 0.717) is 25.7 Å². The van der Waals surface area contributed by atoms with Crippen LogP contribution in [0.1, 0.15) is 42.5 Å². The molecule has 0 unspecified atom stereocenters. The number of benzene rings is 1. The summed E-state index contributed by atoms with van der Waals surface area (Å²) < 4.78 is 7.79. The van der Waals surface area contributed by atoms with Crippen molar-refractivity contribution in [3.8, 4) is 0 Å². The van der Waals surface area contributed by atoms with E-state index in [-0.39, 0.29) is 12.6 Å². The molecule has 0 spiro atoms. The highest BCUT2D eigenvalue weighted by molar-refractivity contribution is 5.25. The zero-order valence-corrected chi connectivity index (χ0v) is 17.0. The van der Waals surface area contributed by atoms with E-state index >= 15 is 0 Å². The van der Waals surface area contributed by atoms with E-state index in [1.54, 1.807) is 0 Å². The highest BCUT2D eigenvalue weighted by atomic mass is 16.5. The van der Waals surface area contributed by atoms with Crippen molar-refractivity contribution >= 4 is 0 Å². The molecule has 4 rings (SSSR count). The van der Waals surface area contributed by atoms with E-state index in [9.17, 15) is 5.11 Å². The SMILES string of the molecule is C[C@@H]1COC[C@@](CO)(CNCc2cn(C)nc2C2CC2)N1Cc1ccccc1. The summed E-state index contributed by atoms with van der Waals surface area (Å²) in [6, 6.07) is 10.7. The maximum atomic E-state index is 10.4. The monoisotopic (exact) mass is 384 g/mol. The van der Waals surface area contributed by atoms with Gasteiger partial charge in [-0.25, -0.2) is 0 Å². The predicted molar refractivity (Wildman–Crippen MR) is 109 cm³/mol. The van der Waals surface area contributed by atoms with Crippen LogP contribution in [0.3, 0.4) is 0 Å². The van der Waals surface area contributed by atoms with Gasteiger partial charge in [0.1, 0.15) is 0 Å². The normalized spacial score (nSPS) is 25.9. The first-order chi connectivity index (χ1) is 13.6. The Morgan fingerprint density at radius 1 is 1.29 bits per heavy atom. The molecule has 2 aliphatic rings. The second-order valence-corrected chi connectivity index (χ2v) is 8.45. The molecule has 0 radical (unpaired) electrons. The van der Waals surface area contributed by atoms with Crippen molar-refractivity contribution in [3.63, 3.8) is 0 Å². The molecule has 28 heavy (non-hydrogen) atoms. The van der Waals surface area contributed by atoms with Gasteiger partial charge in [0.05, 0.1) is 31.1 Å². The summed E-state index contributed by atoms with van der Waals surface area (Å²) in [4.78, 5) is 2.41. The highest BCUT2D eigenvalue weighted by Crippen LogP contribution is 2.40. The molecule has 152 valence electrons. The molecule has 0 amide bonds. The minimum absolute atomic E-state index is 0.0691. The van der Waals surface area contributed by atoms with Crippen molar-refractivity contribution in [3.05, 3.63) is 53.3 Å².